The molecule has 0 bridgehead atoms. The summed E-state index contributed by atoms with van der Waals surface area (Å²) in [5, 5.41) is 2.64. The van der Waals surface area contributed by atoms with Crippen molar-refractivity contribution in [2.75, 3.05) is 17.8 Å². The molecule has 0 spiro atoms. The van der Waals surface area contributed by atoms with E-state index in [1.54, 1.807) is 0 Å². The standard InChI is InChI=1S/C13H14ClNO2/c1-10-7-11(2)9-12(8-10)15-13(16)17-6-4-3-5-14/h7-9H,5-6H2,1-2H3,(H,15,16). The molecule has 0 unspecified atom stereocenters. The molecule has 0 atom stereocenters. The van der Waals surface area contributed by atoms with Crippen LogP contribution in [0.15, 0.2) is 18.2 Å². The van der Waals surface area contributed by atoms with Crippen LogP contribution in [0.2, 0.25) is 0 Å². The van der Waals surface area contributed by atoms with E-state index in [1.165, 1.54) is 0 Å². The first kappa shape index (κ1) is 13.4. The highest BCUT2D eigenvalue weighted by molar-refractivity contribution is 6.19. The first-order chi connectivity index (χ1) is 8.11. The molecule has 1 amide bonds. The number of aryl methyl sites for hydroxylation is 2. The zero-order valence-corrected chi connectivity index (χ0v) is 10.6. The number of benzene rings is 1. The fraction of sp³-hybridized carbons (Fsp3) is 0.308. The Morgan fingerprint density at radius 3 is 2.53 bits per heavy atom. The second-order valence-corrected chi connectivity index (χ2v) is 3.83. The molecule has 0 radical (unpaired) electrons. The first-order valence-corrected chi connectivity index (χ1v) is 5.69. The van der Waals surface area contributed by atoms with Gasteiger partial charge in [0, 0.05) is 5.69 Å². The van der Waals surface area contributed by atoms with Gasteiger partial charge in [-0.15, -0.1) is 11.6 Å². The number of ether oxygens (including phenoxy) is 1. The van der Waals surface area contributed by atoms with Crippen LogP contribution in [0.3, 0.4) is 0 Å². The van der Waals surface area contributed by atoms with E-state index >= 15 is 0 Å². The Morgan fingerprint density at radius 1 is 1.29 bits per heavy atom. The molecule has 0 heterocycles. The van der Waals surface area contributed by atoms with Crippen molar-refractivity contribution in [1.82, 2.24) is 0 Å². The molecule has 1 aromatic carbocycles. The van der Waals surface area contributed by atoms with Gasteiger partial charge in [0.25, 0.3) is 0 Å². The number of alkyl halides is 1. The van der Waals surface area contributed by atoms with Crippen molar-refractivity contribution in [2.45, 2.75) is 13.8 Å². The molecular formula is C13H14ClNO2. The predicted molar refractivity (Wildman–Crippen MR) is 69.4 cm³/mol. The molecule has 0 aromatic heterocycles. The average Bonchev–Trinajstić information content (AvgIpc) is 2.23. The summed E-state index contributed by atoms with van der Waals surface area (Å²) in [6.45, 7) is 3.98. The number of rotatable bonds is 2. The molecule has 1 N–H and O–H groups in total. The maximum absolute atomic E-state index is 11.4. The van der Waals surface area contributed by atoms with E-state index in [2.05, 4.69) is 17.2 Å². The van der Waals surface area contributed by atoms with E-state index in [4.69, 9.17) is 16.3 Å². The van der Waals surface area contributed by atoms with Gasteiger partial charge >= 0.3 is 6.09 Å². The van der Waals surface area contributed by atoms with Gasteiger partial charge in [-0.05, 0) is 37.1 Å². The quantitative estimate of drug-likeness (QED) is 0.648. The first-order valence-electron chi connectivity index (χ1n) is 5.15. The number of carbonyl (C=O) groups is 1. The van der Waals surface area contributed by atoms with Crippen molar-refractivity contribution in [3.05, 3.63) is 29.3 Å². The maximum atomic E-state index is 11.4. The van der Waals surface area contributed by atoms with Crippen LogP contribution in [0, 0.1) is 25.7 Å². The highest BCUT2D eigenvalue weighted by Crippen LogP contribution is 2.13. The Kier molecular flexibility index (Phi) is 5.38. The number of carbonyl (C=O) groups excluding carboxylic acids is 1. The van der Waals surface area contributed by atoms with Crippen LogP contribution < -0.4 is 5.32 Å². The van der Waals surface area contributed by atoms with Gasteiger partial charge in [-0.3, -0.25) is 5.32 Å². The maximum Gasteiger partial charge on any atom is 0.412 e. The van der Waals surface area contributed by atoms with Crippen molar-refractivity contribution in [2.24, 2.45) is 0 Å². The monoisotopic (exact) mass is 251 g/mol. The summed E-state index contributed by atoms with van der Waals surface area (Å²) in [7, 11) is 0. The number of hydrogen-bond donors (Lipinski definition) is 1. The molecule has 90 valence electrons. The lowest BCUT2D eigenvalue weighted by atomic mass is 10.1. The third-order valence-electron chi connectivity index (χ3n) is 1.94. The van der Waals surface area contributed by atoms with Crippen LogP contribution in [0.5, 0.6) is 0 Å². The highest BCUT2D eigenvalue weighted by atomic mass is 35.5. The molecule has 0 aliphatic heterocycles. The van der Waals surface area contributed by atoms with Gasteiger partial charge in [0.2, 0.25) is 0 Å². The molecule has 0 fully saturated rings. The van der Waals surface area contributed by atoms with Gasteiger partial charge in [0.05, 0.1) is 5.88 Å². The van der Waals surface area contributed by atoms with Crippen LogP contribution in [0.4, 0.5) is 10.5 Å². The Balaban J connectivity index is 2.50. The lowest BCUT2D eigenvalue weighted by Gasteiger charge is -2.06. The normalized spacial score (nSPS) is 9.12. The second kappa shape index (κ2) is 6.82. The highest BCUT2D eigenvalue weighted by Gasteiger charge is 2.02. The van der Waals surface area contributed by atoms with Gasteiger partial charge in [-0.25, -0.2) is 4.79 Å². The summed E-state index contributed by atoms with van der Waals surface area (Å²) in [6, 6.07) is 5.78. The van der Waals surface area contributed by atoms with Gasteiger partial charge in [-0.2, -0.15) is 0 Å². The zero-order valence-electron chi connectivity index (χ0n) is 9.84. The van der Waals surface area contributed by atoms with E-state index < -0.39 is 6.09 Å². The number of halogens is 1. The summed E-state index contributed by atoms with van der Waals surface area (Å²) in [5.41, 5.74) is 2.89. The fourth-order valence-corrected chi connectivity index (χ4v) is 1.50. The molecule has 0 aliphatic rings. The Bertz CT molecular complexity index is 440. The Hall–Kier alpha value is -1.66. The fourth-order valence-electron chi connectivity index (χ4n) is 1.40. The van der Waals surface area contributed by atoms with E-state index in [-0.39, 0.29) is 12.5 Å². The molecule has 0 aliphatic carbocycles. The van der Waals surface area contributed by atoms with Gasteiger partial charge in [0.1, 0.15) is 0 Å². The summed E-state index contributed by atoms with van der Waals surface area (Å²) >= 11 is 5.35. The van der Waals surface area contributed by atoms with Gasteiger partial charge < -0.3 is 4.74 Å². The van der Waals surface area contributed by atoms with E-state index in [0.29, 0.717) is 0 Å². The van der Waals surface area contributed by atoms with Crippen LogP contribution in [-0.2, 0) is 4.74 Å². The minimum atomic E-state index is -0.515. The number of hydrogen-bond acceptors (Lipinski definition) is 2. The summed E-state index contributed by atoms with van der Waals surface area (Å²) in [4.78, 5) is 11.4. The van der Waals surface area contributed by atoms with E-state index in [1.807, 2.05) is 32.0 Å². The molecule has 4 heteroatoms. The number of anilines is 1. The number of amides is 1. The Labute approximate surface area is 106 Å². The van der Waals surface area contributed by atoms with Crippen molar-refractivity contribution in [3.8, 4) is 11.8 Å². The van der Waals surface area contributed by atoms with Crippen molar-refractivity contribution >= 4 is 23.4 Å². The molecule has 0 saturated heterocycles. The molecule has 1 rings (SSSR count). The van der Waals surface area contributed by atoms with Gasteiger partial charge in [-0.1, -0.05) is 17.9 Å². The summed E-state index contributed by atoms with van der Waals surface area (Å²) < 4.78 is 4.85. The van der Waals surface area contributed by atoms with E-state index in [0.717, 1.165) is 16.8 Å². The average molecular weight is 252 g/mol. The summed E-state index contributed by atoms with van der Waals surface area (Å²) in [5.74, 6) is 5.44. The topological polar surface area (TPSA) is 38.3 Å². The second-order valence-electron chi connectivity index (χ2n) is 3.56. The third kappa shape index (κ3) is 5.28. The molecule has 1 aromatic rings. The molecule has 17 heavy (non-hydrogen) atoms. The lowest BCUT2D eigenvalue weighted by Crippen LogP contribution is -2.14. The molecular weight excluding hydrogens is 238 g/mol. The van der Waals surface area contributed by atoms with Crippen LogP contribution in [0.25, 0.3) is 0 Å². The summed E-state index contributed by atoms with van der Waals surface area (Å²) in [6.07, 6.45) is -0.515. The lowest BCUT2D eigenvalue weighted by molar-refractivity contribution is 0.176. The molecule has 0 saturated carbocycles. The SMILES string of the molecule is Cc1cc(C)cc(NC(=O)OCC#CCCl)c1. The smallest absolute Gasteiger partial charge is 0.412 e. The van der Waals surface area contributed by atoms with Crippen molar-refractivity contribution < 1.29 is 9.53 Å². The molecule has 3 nitrogen and oxygen atoms in total. The van der Waals surface area contributed by atoms with Crippen molar-refractivity contribution in [1.29, 1.82) is 0 Å². The van der Waals surface area contributed by atoms with Crippen LogP contribution in [0.1, 0.15) is 11.1 Å². The minimum absolute atomic E-state index is 0.0450. The number of nitrogens with one attached hydrogen (secondary N) is 1. The van der Waals surface area contributed by atoms with Crippen LogP contribution >= 0.6 is 11.6 Å². The minimum Gasteiger partial charge on any atom is -0.436 e. The zero-order chi connectivity index (χ0) is 12.7. The van der Waals surface area contributed by atoms with E-state index in [9.17, 15) is 4.79 Å². The van der Waals surface area contributed by atoms with Crippen molar-refractivity contribution in [3.63, 3.8) is 0 Å². The van der Waals surface area contributed by atoms with Crippen LogP contribution in [-0.4, -0.2) is 18.6 Å². The largest absolute Gasteiger partial charge is 0.436 e. The Morgan fingerprint density at radius 2 is 1.94 bits per heavy atom. The predicted octanol–water partition coefficient (Wildman–Crippen LogP) is 3.09. The third-order valence-corrected chi connectivity index (χ3v) is 2.07. The van der Waals surface area contributed by atoms with Gasteiger partial charge in [0.15, 0.2) is 6.61 Å².